The smallest absolute Gasteiger partial charge is 0.164 e. The molecule has 0 amide bonds. The molecule has 0 bridgehead atoms. The zero-order chi connectivity index (χ0) is 11.5. The van der Waals surface area contributed by atoms with E-state index in [9.17, 15) is 5.11 Å². The van der Waals surface area contributed by atoms with Gasteiger partial charge >= 0.3 is 0 Å². The second-order valence-corrected chi connectivity index (χ2v) is 3.84. The van der Waals surface area contributed by atoms with Crippen molar-refractivity contribution in [2.75, 3.05) is 27.3 Å². The fourth-order valence-corrected chi connectivity index (χ4v) is 2.07. The summed E-state index contributed by atoms with van der Waals surface area (Å²) in [6, 6.07) is 3.76. The van der Waals surface area contributed by atoms with Crippen molar-refractivity contribution in [3.05, 3.63) is 23.3 Å². The van der Waals surface area contributed by atoms with E-state index in [-0.39, 0.29) is 0 Å². The molecule has 16 heavy (non-hydrogen) atoms. The molecule has 1 aliphatic heterocycles. The third-order valence-corrected chi connectivity index (χ3v) is 2.84. The number of methoxy groups -OCH3 is 1. The molecule has 4 nitrogen and oxygen atoms in total. The van der Waals surface area contributed by atoms with Gasteiger partial charge in [-0.25, -0.2) is 0 Å². The molecule has 0 fully saturated rings. The maximum atomic E-state index is 9.99. The van der Waals surface area contributed by atoms with Crippen molar-refractivity contribution in [2.24, 2.45) is 0 Å². The molecule has 1 atom stereocenters. The standard InChI is InChI=1S/C12H17NO3/c1-13-7-10(14)8-3-4-11(15-2)12-9(8)5-6-16-12/h3-4,10,13-14H,5-7H2,1-2H3. The minimum atomic E-state index is -0.494. The highest BCUT2D eigenvalue weighted by atomic mass is 16.5. The first-order valence-corrected chi connectivity index (χ1v) is 5.43. The third-order valence-electron chi connectivity index (χ3n) is 2.84. The molecule has 0 aliphatic carbocycles. The van der Waals surface area contributed by atoms with Gasteiger partial charge in [-0.2, -0.15) is 0 Å². The Kier molecular flexibility index (Phi) is 3.31. The summed E-state index contributed by atoms with van der Waals surface area (Å²) in [5, 5.41) is 13.0. The number of aliphatic hydroxyl groups excluding tert-OH is 1. The summed E-state index contributed by atoms with van der Waals surface area (Å²) < 4.78 is 10.8. The van der Waals surface area contributed by atoms with Crippen molar-refractivity contribution in [1.29, 1.82) is 0 Å². The van der Waals surface area contributed by atoms with Gasteiger partial charge in [-0.1, -0.05) is 6.07 Å². The van der Waals surface area contributed by atoms with Crippen LogP contribution in [0.3, 0.4) is 0 Å². The van der Waals surface area contributed by atoms with E-state index < -0.39 is 6.10 Å². The average molecular weight is 223 g/mol. The topological polar surface area (TPSA) is 50.7 Å². The number of rotatable bonds is 4. The Morgan fingerprint density at radius 2 is 2.38 bits per heavy atom. The summed E-state index contributed by atoms with van der Waals surface area (Å²) in [6.07, 6.45) is 0.342. The molecule has 88 valence electrons. The van der Waals surface area contributed by atoms with Crippen LogP contribution in [0.4, 0.5) is 0 Å². The number of nitrogens with one attached hydrogen (secondary N) is 1. The molecular weight excluding hydrogens is 206 g/mol. The first kappa shape index (κ1) is 11.2. The van der Waals surface area contributed by atoms with E-state index >= 15 is 0 Å². The van der Waals surface area contributed by atoms with E-state index in [0.717, 1.165) is 29.0 Å². The fraction of sp³-hybridized carbons (Fsp3) is 0.500. The van der Waals surface area contributed by atoms with Crippen molar-refractivity contribution >= 4 is 0 Å². The van der Waals surface area contributed by atoms with Gasteiger partial charge in [0.2, 0.25) is 0 Å². The zero-order valence-electron chi connectivity index (χ0n) is 9.62. The number of ether oxygens (including phenoxy) is 2. The minimum Gasteiger partial charge on any atom is -0.493 e. The van der Waals surface area contributed by atoms with Gasteiger partial charge in [0, 0.05) is 18.5 Å². The van der Waals surface area contributed by atoms with Crippen LogP contribution in [0, 0.1) is 0 Å². The highest BCUT2D eigenvalue weighted by Gasteiger charge is 2.23. The summed E-state index contributed by atoms with van der Waals surface area (Å²) in [5.74, 6) is 1.53. The summed E-state index contributed by atoms with van der Waals surface area (Å²) in [7, 11) is 3.45. The number of benzene rings is 1. The quantitative estimate of drug-likeness (QED) is 0.795. The molecule has 0 radical (unpaired) electrons. The number of likely N-dealkylation sites (N-methyl/N-ethyl adjacent to an activating group) is 1. The van der Waals surface area contributed by atoms with E-state index in [1.54, 1.807) is 7.11 Å². The minimum absolute atomic E-state index is 0.494. The maximum Gasteiger partial charge on any atom is 0.164 e. The Morgan fingerprint density at radius 1 is 1.56 bits per heavy atom. The van der Waals surface area contributed by atoms with Crippen LogP contribution in [0.15, 0.2) is 12.1 Å². The van der Waals surface area contributed by atoms with Gasteiger partial charge in [0.25, 0.3) is 0 Å². The van der Waals surface area contributed by atoms with Crippen LogP contribution in [0.5, 0.6) is 11.5 Å². The summed E-state index contributed by atoms with van der Waals surface area (Å²) in [4.78, 5) is 0. The molecular formula is C12H17NO3. The first-order chi connectivity index (χ1) is 7.77. The first-order valence-electron chi connectivity index (χ1n) is 5.43. The van der Waals surface area contributed by atoms with E-state index in [4.69, 9.17) is 9.47 Å². The molecule has 0 saturated carbocycles. The van der Waals surface area contributed by atoms with Crippen LogP contribution in [0.1, 0.15) is 17.2 Å². The highest BCUT2D eigenvalue weighted by molar-refractivity contribution is 5.53. The maximum absolute atomic E-state index is 9.99. The van der Waals surface area contributed by atoms with Crippen LogP contribution in [-0.2, 0) is 6.42 Å². The lowest BCUT2D eigenvalue weighted by Gasteiger charge is -2.15. The second kappa shape index (κ2) is 4.72. The molecule has 2 N–H and O–H groups in total. The Bertz CT molecular complexity index is 379. The molecule has 1 heterocycles. The summed E-state index contributed by atoms with van der Waals surface area (Å²) in [6.45, 7) is 1.20. The molecule has 0 spiro atoms. The lowest BCUT2D eigenvalue weighted by Crippen LogP contribution is -2.17. The lowest BCUT2D eigenvalue weighted by molar-refractivity contribution is 0.177. The van der Waals surface area contributed by atoms with Crippen LogP contribution >= 0.6 is 0 Å². The van der Waals surface area contributed by atoms with E-state index in [1.165, 1.54) is 0 Å². The van der Waals surface area contributed by atoms with Gasteiger partial charge < -0.3 is 19.9 Å². The molecule has 0 saturated heterocycles. The Hall–Kier alpha value is -1.26. The van der Waals surface area contributed by atoms with Gasteiger partial charge in [0.1, 0.15) is 0 Å². The third kappa shape index (κ3) is 1.86. The average Bonchev–Trinajstić information content (AvgIpc) is 2.76. The fourth-order valence-electron chi connectivity index (χ4n) is 2.07. The zero-order valence-corrected chi connectivity index (χ0v) is 9.62. The number of hydrogen-bond donors (Lipinski definition) is 2. The van der Waals surface area contributed by atoms with Gasteiger partial charge in [-0.15, -0.1) is 0 Å². The van der Waals surface area contributed by atoms with Crippen molar-refractivity contribution in [3.8, 4) is 11.5 Å². The predicted octanol–water partition coefficient (Wildman–Crippen LogP) is 0.883. The number of aliphatic hydroxyl groups is 1. The number of fused-ring (bicyclic) bond motifs is 1. The molecule has 2 rings (SSSR count). The van der Waals surface area contributed by atoms with Crippen molar-refractivity contribution in [3.63, 3.8) is 0 Å². The molecule has 1 aromatic rings. The van der Waals surface area contributed by atoms with Crippen molar-refractivity contribution in [2.45, 2.75) is 12.5 Å². The van der Waals surface area contributed by atoms with Crippen LogP contribution < -0.4 is 14.8 Å². The summed E-state index contributed by atoms with van der Waals surface area (Å²) >= 11 is 0. The van der Waals surface area contributed by atoms with Crippen molar-refractivity contribution in [1.82, 2.24) is 5.32 Å². The largest absolute Gasteiger partial charge is 0.493 e. The molecule has 0 aromatic heterocycles. The van der Waals surface area contributed by atoms with Crippen LogP contribution in [-0.4, -0.2) is 32.4 Å². The predicted molar refractivity (Wildman–Crippen MR) is 61.1 cm³/mol. The van der Waals surface area contributed by atoms with Crippen LogP contribution in [0.25, 0.3) is 0 Å². The van der Waals surface area contributed by atoms with Gasteiger partial charge in [-0.3, -0.25) is 0 Å². The normalized spacial score (nSPS) is 15.4. The summed E-state index contributed by atoms with van der Waals surface area (Å²) in [5.41, 5.74) is 2.00. The highest BCUT2D eigenvalue weighted by Crippen LogP contribution is 2.39. The SMILES string of the molecule is CNCC(O)c1ccc(OC)c2c1CCO2. The van der Waals surface area contributed by atoms with Crippen LogP contribution in [0.2, 0.25) is 0 Å². The molecule has 1 aliphatic rings. The number of hydrogen-bond acceptors (Lipinski definition) is 4. The van der Waals surface area contributed by atoms with E-state index in [0.29, 0.717) is 13.2 Å². The molecule has 1 aromatic carbocycles. The second-order valence-electron chi connectivity index (χ2n) is 3.84. The van der Waals surface area contributed by atoms with Gasteiger partial charge in [0.15, 0.2) is 11.5 Å². The van der Waals surface area contributed by atoms with Gasteiger partial charge in [-0.05, 0) is 18.7 Å². The molecule has 1 unspecified atom stereocenters. The van der Waals surface area contributed by atoms with Crippen molar-refractivity contribution < 1.29 is 14.6 Å². The van der Waals surface area contributed by atoms with E-state index in [1.807, 2.05) is 19.2 Å². The Balaban J connectivity index is 2.37. The van der Waals surface area contributed by atoms with Gasteiger partial charge in [0.05, 0.1) is 19.8 Å². The van der Waals surface area contributed by atoms with E-state index in [2.05, 4.69) is 5.32 Å². The molecule has 4 heteroatoms. The Labute approximate surface area is 95.2 Å². The monoisotopic (exact) mass is 223 g/mol. The Morgan fingerprint density at radius 3 is 3.06 bits per heavy atom. The lowest BCUT2D eigenvalue weighted by atomic mass is 9.99.